The van der Waals surface area contributed by atoms with E-state index in [1.165, 1.54) is 38.3 Å². The van der Waals surface area contributed by atoms with E-state index in [4.69, 9.17) is 0 Å². The zero-order chi connectivity index (χ0) is 19.3. The van der Waals surface area contributed by atoms with Gasteiger partial charge in [0.2, 0.25) is 15.9 Å². The van der Waals surface area contributed by atoms with Crippen LogP contribution in [0.15, 0.2) is 53.4 Å². The smallest absolute Gasteiger partial charge is 0.337 e. The number of anilines is 1. The Morgan fingerprint density at radius 1 is 1.04 bits per heavy atom. The average molecular weight is 380 g/mol. The predicted octanol–water partition coefficient (Wildman–Crippen LogP) is 1.92. The molecule has 1 unspecified atom stereocenters. The molecule has 2 aromatic carbocycles. The Morgan fingerprint density at radius 2 is 1.62 bits per heavy atom. The molecule has 2 aromatic rings. The van der Waals surface area contributed by atoms with Crippen LogP contribution in [0.2, 0.25) is 0 Å². The Hall–Kier alpha value is -2.78. The van der Waals surface area contributed by atoms with Gasteiger partial charge in [0, 0.05) is 5.69 Å². The summed E-state index contributed by atoms with van der Waals surface area (Å²) < 4.78 is 44.1. The van der Waals surface area contributed by atoms with Crippen molar-refractivity contribution >= 4 is 27.6 Å². The second kappa shape index (κ2) is 8.07. The van der Waals surface area contributed by atoms with E-state index in [-0.39, 0.29) is 4.90 Å². The molecule has 0 saturated carbocycles. The van der Waals surface area contributed by atoms with Crippen LogP contribution in [0.3, 0.4) is 0 Å². The van der Waals surface area contributed by atoms with Crippen LogP contribution in [0.25, 0.3) is 0 Å². The number of methoxy groups -OCH3 is 1. The molecular formula is C17H17FN2O5S. The molecule has 9 heteroatoms. The fourth-order valence-electron chi connectivity index (χ4n) is 2.03. The lowest BCUT2D eigenvalue weighted by Crippen LogP contribution is -2.41. The van der Waals surface area contributed by atoms with Crippen LogP contribution >= 0.6 is 0 Å². The van der Waals surface area contributed by atoms with Gasteiger partial charge in [-0.25, -0.2) is 17.6 Å². The topological polar surface area (TPSA) is 102 Å². The molecule has 0 aromatic heterocycles. The molecule has 0 bridgehead atoms. The highest BCUT2D eigenvalue weighted by molar-refractivity contribution is 7.89. The highest BCUT2D eigenvalue weighted by Crippen LogP contribution is 2.13. The van der Waals surface area contributed by atoms with Crippen molar-refractivity contribution in [2.24, 2.45) is 0 Å². The first-order valence-corrected chi connectivity index (χ1v) is 8.98. The minimum Gasteiger partial charge on any atom is -0.465 e. The fraction of sp³-hybridized carbons (Fsp3) is 0.176. The zero-order valence-electron chi connectivity index (χ0n) is 14.0. The van der Waals surface area contributed by atoms with E-state index in [1.54, 1.807) is 0 Å². The van der Waals surface area contributed by atoms with Gasteiger partial charge in [0.1, 0.15) is 5.82 Å². The number of ether oxygens (including phenoxy) is 1. The summed E-state index contributed by atoms with van der Waals surface area (Å²) in [5.41, 5.74) is 0.700. The third-order valence-corrected chi connectivity index (χ3v) is 4.98. The van der Waals surface area contributed by atoms with Gasteiger partial charge < -0.3 is 10.1 Å². The molecule has 0 aliphatic rings. The average Bonchev–Trinajstić information content (AvgIpc) is 2.61. The van der Waals surface area contributed by atoms with Gasteiger partial charge in [-0.3, -0.25) is 4.79 Å². The van der Waals surface area contributed by atoms with Gasteiger partial charge in [-0.15, -0.1) is 0 Å². The molecule has 7 nitrogen and oxygen atoms in total. The Bertz CT molecular complexity index is 896. The van der Waals surface area contributed by atoms with Crippen LogP contribution in [0.1, 0.15) is 17.3 Å². The molecule has 0 spiro atoms. The van der Waals surface area contributed by atoms with E-state index in [1.807, 2.05) is 0 Å². The summed E-state index contributed by atoms with van der Waals surface area (Å²) in [5.74, 6) is -1.67. The number of halogens is 1. The molecule has 1 amide bonds. The summed E-state index contributed by atoms with van der Waals surface area (Å²) in [6.07, 6.45) is 0. The van der Waals surface area contributed by atoms with E-state index >= 15 is 0 Å². The summed E-state index contributed by atoms with van der Waals surface area (Å²) in [7, 11) is -2.72. The standard InChI is InChI=1S/C17H17FN2O5S/c1-11(20-26(23,24)15-9-5-13(18)6-10-15)16(21)19-14-7-3-12(4-8-14)17(22)25-2/h3-11,20H,1-2H3,(H,19,21). The van der Waals surface area contributed by atoms with Crippen LogP contribution in [0.4, 0.5) is 10.1 Å². The summed E-state index contributed by atoms with van der Waals surface area (Å²) in [5, 5.41) is 2.53. The van der Waals surface area contributed by atoms with E-state index < -0.39 is 33.8 Å². The van der Waals surface area contributed by atoms with Gasteiger partial charge in [-0.1, -0.05) is 0 Å². The number of carbonyl (C=O) groups excluding carboxylic acids is 2. The van der Waals surface area contributed by atoms with Gasteiger partial charge in [-0.05, 0) is 55.5 Å². The first-order valence-electron chi connectivity index (χ1n) is 7.50. The summed E-state index contributed by atoms with van der Waals surface area (Å²) in [6.45, 7) is 1.37. The zero-order valence-corrected chi connectivity index (χ0v) is 14.8. The highest BCUT2D eigenvalue weighted by Gasteiger charge is 2.22. The fourth-order valence-corrected chi connectivity index (χ4v) is 3.23. The van der Waals surface area contributed by atoms with E-state index in [2.05, 4.69) is 14.8 Å². The van der Waals surface area contributed by atoms with Crippen molar-refractivity contribution in [3.63, 3.8) is 0 Å². The maximum atomic E-state index is 12.9. The maximum Gasteiger partial charge on any atom is 0.337 e. The maximum absolute atomic E-state index is 12.9. The Kier molecular flexibility index (Phi) is 6.06. The van der Waals surface area contributed by atoms with Crippen molar-refractivity contribution in [3.8, 4) is 0 Å². The monoisotopic (exact) mass is 380 g/mol. The number of carbonyl (C=O) groups is 2. The third-order valence-electron chi connectivity index (χ3n) is 3.42. The minimum atomic E-state index is -3.97. The van der Waals surface area contributed by atoms with Crippen molar-refractivity contribution in [2.75, 3.05) is 12.4 Å². The van der Waals surface area contributed by atoms with Crippen molar-refractivity contribution in [2.45, 2.75) is 17.9 Å². The normalized spacial score (nSPS) is 12.3. The van der Waals surface area contributed by atoms with Crippen molar-refractivity contribution in [1.29, 1.82) is 0 Å². The lowest BCUT2D eigenvalue weighted by atomic mass is 10.2. The summed E-state index contributed by atoms with van der Waals surface area (Å²) in [4.78, 5) is 23.4. The van der Waals surface area contributed by atoms with Crippen LogP contribution in [0, 0.1) is 5.82 Å². The third kappa shape index (κ3) is 4.87. The molecule has 138 valence electrons. The SMILES string of the molecule is COC(=O)c1ccc(NC(=O)C(C)NS(=O)(=O)c2ccc(F)cc2)cc1. The number of nitrogens with one attached hydrogen (secondary N) is 2. The Balaban J connectivity index is 2.03. The lowest BCUT2D eigenvalue weighted by molar-refractivity contribution is -0.117. The molecule has 26 heavy (non-hydrogen) atoms. The van der Waals surface area contributed by atoms with Crippen LogP contribution in [-0.2, 0) is 19.6 Å². The van der Waals surface area contributed by atoms with E-state index in [0.717, 1.165) is 24.3 Å². The van der Waals surface area contributed by atoms with Crippen molar-refractivity contribution in [3.05, 3.63) is 59.9 Å². The lowest BCUT2D eigenvalue weighted by Gasteiger charge is -2.14. The molecule has 0 heterocycles. The molecule has 0 aliphatic carbocycles. The Labute approximate surface area is 150 Å². The van der Waals surface area contributed by atoms with Gasteiger partial charge in [0.25, 0.3) is 0 Å². The van der Waals surface area contributed by atoms with Gasteiger partial charge in [-0.2, -0.15) is 4.72 Å². The first-order chi connectivity index (χ1) is 12.2. The number of sulfonamides is 1. The highest BCUT2D eigenvalue weighted by atomic mass is 32.2. The van der Waals surface area contributed by atoms with E-state index in [0.29, 0.717) is 11.3 Å². The quantitative estimate of drug-likeness (QED) is 0.746. The second-order valence-electron chi connectivity index (χ2n) is 5.36. The van der Waals surface area contributed by atoms with E-state index in [9.17, 15) is 22.4 Å². The molecule has 2 N–H and O–H groups in total. The largest absolute Gasteiger partial charge is 0.465 e. The molecule has 0 radical (unpaired) electrons. The molecule has 0 aliphatic heterocycles. The van der Waals surface area contributed by atoms with Gasteiger partial charge in [0.05, 0.1) is 23.6 Å². The number of rotatable bonds is 6. The molecular weight excluding hydrogens is 363 g/mol. The number of esters is 1. The predicted molar refractivity (Wildman–Crippen MR) is 92.6 cm³/mol. The minimum absolute atomic E-state index is 0.152. The van der Waals surface area contributed by atoms with Gasteiger partial charge in [0.15, 0.2) is 0 Å². The van der Waals surface area contributed by atoms with Crippen molar-refractivity contribution < 1.29 is 27.1 Å². The number of amides is 1. The number of hydrogen-bond acceptors (Lipinski definition) is 5. The number of hydrogen-bond donors (Lipinski definition) is 2. The number of benzene rings is 2. The first kappa shape index (κ1) is 19.5. The molecule has 0 fully saturated rings. The molecule has 0 saturated heterocycles. The van der Waals surface area contributed by atoms with Crippen LogP contribution in [-0.4, -0.2) is 33.4 Å². The summed E-state index contributed by atoms with van der Waals surface area (Å²) in [6, 6.07) is 9.08. The molecule has 2 rings (SSSR count). The second-order valence-corrected chi connectivity index (χ2v) is 7.07. The van der Waals surface area contributed by atoms with Crippen LogP contribution < -0.4 is 10.0 Å². The van der Waals surface area contributed by atoms with Gasteiger partial charge >= 0.3 is 5.97 Å². The molecule has 1 atom stereocenters. The van der Waals surface area contributed by atoms with Crippen molar-refractivity contribution in [1.82, 2.24) is 4.72 Å². The summed E-state index contributed by atoms with van der Waals surface area (Å²) >= 11 is 0. The van der Waals surface area contributed by atoms with Crippen LogP contribution in [0.5, 0.6) is 0 Å². The Morgan fingerprint density at radius 3 is 2.15 bits per heavy atom.